The number of aldehydes is 1. The van der Waals surface area contributed by atoms with Crippen LogP contribution in [0.4, 0.5) is 0 Å². The molecule has 10 atom stereocenters. The smallest absolute Gasteiger partial charge is 0.255 e. The molecule has 14 N–H and O–H groups in total. The number of nitrogens with zero attached hydrogens (tertiary/aromatic N) is 1. The first-order valence-corrected chi connectivity index (χ1v) is 13.3. The summed E-state index contributed by atoms with van der Waals surface area (Å²) in [5.41, 5.74) is 1.47. The second kappa shape index (κ2) is 13.7. The number of primary amides is 1. The minimum Gasteiger partial charge on any atom is -0.508 e. The fourth-order valence-corrected chi connectivity index (χ4v) is 6.19. The third-order valence-corrected chi connectivity index (χ3v) is 8.41. The number of hydrogen-bond donors (Lipinski definition) is 11. The van der Waals surface area contributed by atoms with E-state index in [4.69, 9.17) is 31.3 Å². The Hall–Kier alpha value is -3.78. The fourth-order valence-electron chi connectivity index (χ4n) is 6.19. The number of carbonyl (C=O) groups is 4. The van der Waals surface area contributed by atoms with Gasteiger partial charge < -0.3 is 67.1 Å². The van der Waals surface area contributed by atoms with Gasteiger partial charge in [0.1, 0.15) is 47.3 Å². The van der Waals surface area contributed by atoms with Gasteiger partial charge in [-0.25, -0.2) is 0 Å². The predicted molar refractivity (Wildman–Crippen MR) is 151 cm³/mol. The molecule has 0 saturated heterocycles. The van der Waals surface area contributed by atoms with Gasteiger partial charge >= 0.3 is 0 Å². The number of phenols is 1. The summed E-state index contributed by atoms with van der Waals surface area (Å²) >= 11 is 0. The standard InChI is InChI=1S/C22H24N2O8.C6H12O6.H2O/c1-7-8-5-4-6-9(25)11(8)16(26)12-10(7)17(27)14-15(24(2)3)18(28)13(21(23)31)20(30)22(14,32)19(12)29;7-1-3(9)5(11)6(12)4(10)2-8;/h4-7,10,14-15,17,25-27,30,32H,1-3H3,(H2,23,31);1,3-6,8-12H,2H2;1H2/t7-,10+,14+,15-,17-,22-;3-,4+,5+,6+;/m00./s1. The summed E-state index contributed by atoms with van der Waals surface area (Å²) in [4.78, 5) is 49.8. The molecular weight excluding hydrogens is 604 g/mol. The molecule has 1 aromatic rings. The average molecular weight is 643 g/mol. The van der Waals surface area contributed by atoms with Crippen LogP contribution in [0.5, 0.6) is 5.75 Å². The minimum atomic E-state index is -2.89. The molecule has 1 aromatic carbocycles. The van der Waals surface area contributed by atoms with E-state index in [1.165, 1.54) is 25.1 Å². The zero-order chi connectivity index (χ0) is 33.6. The SMILES string of the molecule is C[C@H]1c2cccc(O)c2C(O)=C2C(=O)[C@]3(O)C(O)=C(C(N)=O)C(=O)[C@@H](N(C)C)[C@@H]3[C@@H](O)[C@@H]21.O.O=C[C@H](O)[C@@H](O)[C@H](O)[C@H](O)CO. The molecule has 17 nitrogen and oxygen atoms in total. The number of aliphatic hydroxyl groups excluding tert-OH is 8. The van der Waals surface area contributed by atoms with Gasteiger partial charge in [0.05, 0.1) is 30.2 Å². The Morgan fingerprint density at radius 1 is 1.09 bits per heavy atom. The van der Waals surface area contributed by atoms with Crippen LogP contribution in [0.1, 0.15) is 24.0 Å². The monoisotopic (exact) mass is 642 g/mol. The number of likely N-dealkylation sites (N-methyl/N-ethyl adjacent to an activating group) is 1. The molecule has 0 aliphatic heterocycles. The summed E-state index contributed by atoms with van der Waals surface area (Å²) in [6.07, 6.45) is -8.43. The Balaban J connectivity index is 0.000000464. The predicted octanol–water partition coefficient (Wildman–Crippen LogP) is -4.71. The summed E-state index contributed by atoms with van der Waals surface area (Å²) in [6.45, 7) is 0.917. The highest BCUT2D eigenvalue weighted by atomic mass is 16.4. The van der Waals surface area contributed by atoms with Gasteiger partial charge in [-0.05, 0) is 31.6 Å². The lowest BCUT2D eigenvalue weighted by atomic mass is 9.54. The number of nitrogens with two attached hydrogens (primary N) is 1. The van der Waals surface area contributed by atoms with E-state index >= 15 is 0 Å². The van der Waals surface area contributed by atoms with Gasteiger partial charge in [0, 0.05) is 11.5 Å². The molecule has 0 unspecified atom stereocenters. The molecule has 1 fully saturated rings. The van der Waals surface area contributed by atoms with Crippen LogP contribution in [0, 0.1) is 11.8 Å². The number of ketones is 2. The van der Waals surface area contributed by atoms with Crippen molar-refractivity contribution in [3.8, 4) is 5.75 Å². The molecule has 1 saturated carbocycles. The van der Waals surface area contributed by atoms with Crippen molar-refractivity contribution in [3.05, 3.63) is 46.2 Å². The summed E-state index contributed by atoms with van der Waals surface area (Å²) in [5, 5.41) is 98.4. The van der Waals surface area contributed by atoms with E-state index in [2.05, 4.69) is 0 Å². The number of rotatable bonds is 7. The Bertz CT molecular complexity index is 1410. The van der Waals surface area contributed by atoms with E-state index in [-0.39, 0.29) is 23.1 Å². The van der Waals surface area contributed by atoms with E-state index < -0.39 is 107 Å². The maximum Gasteiger partial charge on any atom is 0.255 e. The second-order valence-corrected chi connectivity index (χ2v) is 11.1. The van der Waals surface area contributed by atoms with Gasteiger partial charge in [-0.15, -0.1) is 0 Å². The molecule has 250 valence electrons. The highest BCUT2D eigenvalue weighted by Crippen LogP contribution is 2.55. The van der Waals surface area contributed by atoms with E-state index in [1.807, 2.05) is 0 Å². The van der Waals surface area contributed by atoms with E-state index in [1.54, 1.807) is 19.1 Å². The molecule has 0 radical (unpaired) electrons. The van der Waals surface area contributed by atoms with Crippen molar-refractivity contribution in [2.75, 3.05) is 20.7 Å². The van der Waals surface area contributed by atoms with E-state index in [0.717, 1.165) is 0 Å². The van der Waals surface area contributed by atoms with Crippen LogP contribution in [0.15, 0.2) is 35.1 Å². The first-order valence-electron chi connectivity index (χ1n) is 13.3. The molecule has 3 aliphatic rings. The largest absolute Gasteiger partial charge is 0.508 e. The molecule has 0 spiro atoms. The van der Waals surface area contributed by atoms with Gasteiger partial charge in [-0.2, -0.15) is 0 Å². The van der Waals surface area contributed by atoms with Crippen molar-refractivity contribution in [2.45, 2.75) is 55.0 Å². The summed E-state index contributed by atoms with van der Waals surface area (Å²) < 4.78 is 0. The Morgan fingerprint density at radius 3 is 2.16 bits per heavy atom. The topological polar surface area (TPSA) is 331 Å². The Labute approximate surface area is 255 Å². The summed E-state index contributed by atoms with van der Waals surface area (Å²) in [6, 6.07) is 3.13. The number of hydrogen-bond acceptors (Lipinski definition) is 15. The fraction of sp³-hybridized carbons (Fsp3) is 0.500. The lowest BCUT2D eigenvalue weighted by Gasteiger charge is -2.53. The number of carbonyl (C=O) groups excluding carboxylic acids is 4. The maximum atomic E-state index is 13.7. The van der Waals surface area contributed by atoms with E-state index in [9.17, 15) is 44.7 Å². The lowest BCUT2D eigenvalue weighted by Crippen LogP contribution is -2.70. The maximum absolute atomic E-state index is 13.7. The van der Waals surface area contributed by atoms with Gasteiger partial charge in [-0.3, -0.25) is 19.3 Å². The highest BCUT2D eigenvalue weighted by Gasteiger charge is 2.68. The number of phenolic OH excluding ortho intramolecular Hbond substituents is 1. The number of benzene rings is 1. The summed E-state index contributed by atoms with van der Waals surface area (Å²) in [5.74, 6) is -8.87. The second-order valence-electron chi connectivity index (χ2n) is 11.1. The molecular formula is C28H38N2O15. The highest BCUT2D eigenvalue weighted by molar-refractivity contribution is 6.24. The average Bonchev–Trinajstić information content (AvgIpc) is 2.97. The lowest BCUT2D eigenvalue weighted by molar-refractivity contribution is -0.169. The van der Waals surface area contributed by atoms with Crippen LogP contribution >= 0.6 is 0 Å². The van der Waals surface area contributed by atoms with Crippen LogP contribution in [0.2, 0.25) is 0 Å². The van der Waals surface area contributed by atoms with Crippen molar-refractivity contribution < 1.29 is 75.7 Å². The molecule has 0 bridgehead atoms. The number of aliphatic hydroxyl groups is 9. The van der Waals surface area contributed by atoms with Gasteiger partial charge in [-0.1, -0.05) is 19.1 Å². The molecule has 0 aromatic heterocycles. The number of fused-ring (bicyclic) bond motifs is 3. The Morgan fingerprint density at radius 2 is 1.67 bits per heavy atom. The third-order valence-electron chi connectivity index (χ3n) is 8.41. The van der Waals surface area contributed by atoms with Crippen LogP contribution in [0.3, 0.4) is 0 Å². The first kappa shape index (κ1) is 37.4. The molecule has 17 heteroatoms. The number of aromatic hydroxyl groups is 1. The quantitative estimate of drug-likeness (QED) is 0.0983. The zero-order valence-electron chi connectivity index (χ0n) is 24.3. The minimum absolute atomic E-state index is 0. The summed E-state index contributed by atoms with van der Waals surface area (Å²) in [7, 11) is 2.92. The van der Waals surface area contributed by atoms with Crippen LogP contribution < -0.4 is 5.73 Å². The van der Waals surface area contributed by atoms with Crippen molar-refractivity contribution in [2.24, 2.45) is 17.6 Å². The van der Waals surface area contributed by atoms with Gasteiger partial charge in [0.25, 0.3) is 5.91 Å². The van der Waals surface area contributed by atoms with E-state index in [0.29, 0.717) is 5.56 Å². The number of Topliss-reactive ketones (excluding diaryl/α,β-unsaturated/α-hetero) is 2. The van der Waals surface area contributed by atoms with Gasteiger partial charge in [0.2, 0.25) is 5.78 Å². The van der Waals surface area contributed by atoms with Crippen LogP contribution in [-0.2, 0) is 19.2 Å². The van der Waals surface area contributed by atoms with Gasteiger partial charge in [0.15, 0.2) is 17.7 Å². The normalized spacial score (nSPS) is 30.1. The third kappa shape index (κ3) is 5.85. The van der Waals surface area contributed by atoms with Crippen molar-refractivity contribution in [1.29, 1.82) is 0 Å². The van der Waals surface area contributed by atoms with Crippen molar-refractivity contribution >= 4 is 29.5 Å². The van der Waals surface area contributed by atoms with Crippen LogP contribution in [0.25, 0.3) is 5.76 Å². The van der Waals surface area contributed by atoms with Crippen molar-refractivity contribution in [3.63, 3.8) is 0 Å². The number of amides is 1. The molecule has 45 heavy (non-hydrogen) atoms. The van der Waals surface area contributed by atoms with Crippen molar-refractivity contribution in [1.82, 2.24) is 4.90 Å². The zero-order valence-corrected chi connectivity index (χ0v) is 24.3. The molecule has 0 heterocycles. The molecule has 3 aliphatic carbocycles. The molecule has 1 amide bonds. The Kier molecular flexibility index (Phi) is 11.4. The van der Waals surface area contributed by atoms with Crippen LogP contribution in [-0.4, -0.2) is 148 Å². The first-order chi connectivity index (χ1) is 20.4. The molecule has 4 rings (SSSR count).